The van der Waals surface area contributed by atoms with Crippen LogP contribution in [0.4, 0.5) is 0 Å². The zero-order valence-electron chi connectivity index (χ0n) is 11.7. The summed E-state index contributed by atoms with van der Waals surface area (Å²) in [6.07, 6.45) is 2.21. The van der Waals surface area contributed by atoms with Crippen LogP contribution in [0.1, 0.15) is 44.0 Å². The van der Waals surface area contributed by atoms with Crippen molar-refractivity contribution >= 4 is 40.1 Å². The lowest BCUT2D eigenvalue weighted by molar-refractivity contribution is 0.0735. The molecule has 4 heteroatoms. The van der Waals surface area contributed by atoms with Crippen molar-refractivity contribution < 1.29 is 4.79 Å². The van der Waals surface area contributed by atoms with Gasteiger partial charge in [0, 0.05) is 22.2 Å². The molecule has 0 aliphatic rings. The summed E-state index contributed by atoms with van der Waals surface area (Å²) in [6, 6.07) is 5.51. The first-order chi connectivity index (χ1) is 9.03. The largest absolute Gasteiger partial charge is 0.339 e. The van der Waals surface area contributed by atoms with E-state index in [4.69, 9.17) is 11.6 Å². The number of benzene rings is 1. The van der Waals surface area contributed by atoms with E-state index in [1.165, 1.54) is 0 Å². The molecule has 106 valence electrons. The van der Waals surface area contributed by atoms with Crippen molar-refractivity contribution in [2.75, 3.05) is 13.1 Å². The third-order valence-corrected chi connectivity index (χ3v) is 5.04. The van der Waals surface area contributed by atoms with Crippen molar-refractivity contribution in [2.45, 2.75) is 33.6 Å². The molecule has 1 amide bonds. The quantitative estimate of drug-likeness (QED) is 0.633. The van der Waals surface area contributed by atoms with Gasteiger partial charge < -0.3 is 4.90 Å². The summed E-state index contributed by atoms with van der Waals surface area (Å²) in [5.41, 5.74) is 0.679. The van der Waals surface area contributed by atoms with Gasteiger partial charge in [0.15, 0.2) is 0 Å². The number of rotatable bonds is 6. The van der Waals surface area contributed by atoms with Crippen LogP contribution in [0.25, 0.3) is 0 Å². The van der Waals surface area contributed by atoms with Crippen molar-refractivity contribution in [2.24, 2.45) is 5.92 Å². The Hall–Kier alpha value is -0.290. The number of carbonyl (C=O) groups is 1. The molecule has 0 atom stereocenters. The lowest BCUT2D eigenvalue weighted by Crippen LogP contribution is -2.35. The average molecular weight is 394 g/mol. The summed E-state index contributed by atoms with van der Waals surface area (Å²) in [5.74, 6) is 0.649. The number of halogens is 2. The van der Waals surface area contributed by atoms with Gasteiger partial charge in [0.25, 0.3) is 5.91 Å². The van der Waals surface area contributed by atoms with E-state index in [2.05, 4.69) is 36.4 Å². The normalized spacial score (nSPS) is 10.8. The molecule has 19 heavy (non-hydrogen) atoms. The fourth-order valence-corrected chi connectivity index (χ4v) is 2.54. The van der Waals surface area contributed by atoms with Crippen LogP contribution in [-0.4, -0.2) is 23.9 Å². The van der Waals surface area contributed by atoms with Crippen molar-refractivity contribution in [3.8, 4) is 0 Å². The smallest absolute Gasteiger partial charge is 0.253 e. The zero-order chi connectivity index (χ0) is 14.4. The van der Waals surface area contributed by atoms with Gasteiger partial charge >= 0.3 is 0 Å². The highest BCUT2D eigenvalue weighted by molar-refractivity contribution is 14.1. The average Bonchev–Trinajstić information content (AvgIpc) is 2.42. The Kier molecular flexibility index (Phi) is 7.15. The number of hydrogen-bond donors (Lipinski definition) is 0. The van der Waals surface area contributed by atoms with Crippen LogP contribution in [0.3, 0.4) is 0 Å². The molecule has 0 bridgehead atoms. The molecule has 0 radical (unpaired) electrons. The van der Waals surface area contributed by atoms with E-state index in [1.54, 1.807) is 6.07 Å². The summed E-state index contributed by atoms with van der Waals surface area (Å²) < 4.78 is 0.971. The molecule has 0 unspecified atom stereocenters. The Morgan fingerprint density at radius 2 is 1.95 bits per heavy atom. The van der Waals surface area contributed by atoms with Gasteiger partial charge in [0.1, 0.15) is 0 Å². The fourth-order valence-electron chi connectivity index (χ4n) is 2.03. The maximum atomic E-state index is 12.5. The first-order valence-corrected chi connectivity index (χ1v) is 8.23. The van der Waals surface area contributed by atoms with Crippen molar-refractivity contribution in [3.05, 3.63) is 32.4 Å². The summed E-state index contributed by atoms with van der Waals surface area (Å²) in [5, 5.41) is 0.644. The van der Waals surface area contributed by atoms with Crippen LogP contribution in [0.15, 0.2) is 18.2 Å². The van der Waals surface area contributed by atoms with Gasteiger partial charge in [-0.1, -0.05) is 38.3 Å². The molecule has 0 saturated carbocycles. The van der Waals surface area contributed by atoms with Crippen molar-refractivity contribution in [1.82, 2.24) is 4.90 Å². The third kappa shape index (κ3) is 4.63. The van der Waals surface area contributed by atoms with Gasteiger partial charge in [0.2, 0.25) is 0 Å². The molecule has 0 aliphatic heterocycles. The molecule has 1 aromatic carbocycles. The maximum Gasteiger partial charge on any atom is 0.253 e. The molecular formula is C15H21ClINO. The highest BCUT2D eigenvalue weighted by Gasteiger charge is 2.18. The Morgan fingerprint density at radius 3 is 2.42 bits per heavy atom. The zero-order valence-corrected chi connectivity index (χ0v) is 14.7. The van der Waals surface area contributed by atoms with Gasteiger partial charge in [-0.2, -0.15) is 0 Å². The van der Waals surface area contributed by atoms with E-state index in [1.807, 2.05) is 24.0 Å². The maximum absolute atomic E-state index is 12.5. The molecule has 0 heterocycles. The summed E-state index contributed by atoms with van der Waals surface area (Å²) in [7, 11) is 0. The summed E-state index contributed by atoms with van der Waals surface area (Å²) in [6.45, 7) is 7.93. The first-order valence-electron chi connectivity index (χ1n) is 6.77. The van der Waals surface area contributed by atoms with Gasteiger partial charge in [0.05, 0.1) is 5.02 Å². The Labute approximate surface area is 134 Å². The van der Waals surface area contributed by atoms with Crippen molar-refractivity contribution in [3.63, 3.8) is 0 Å². The molecule has 0 N–H and O–H groups in total. The van der Waals surface area contributed by atoms with Crippen LogP contribution in [0.5, 0.6) is 0 Å². The molecular weight excluding hydrogens is 373 g/mol. The SMILES string of the molecule is CCC(CC)CN(CC)C(=O)c1ccc(I)c(Cl)c1. The number of amides is 1. The van der Waals surface area contributed by atoms with E-state index in [0.717, 1.165) is 29.5 Å². The van der Waals surface area contributed by atoms with Gasteiger partial charge in [-0.15, -0.1) is 0 Å². The molecule has 1 aromatic rings. The second kappa shape index (κ2) is 8.10. The first kappa shape index (κ1) is 16.8. The summed E-state index contributed by atoms with van der Waals surface area (Å²) >= 11 is 8.25. The fraction of sp³-hybridized carbons (Fsp3) is 0.533. The van der Waals surface area contributed by atoms with Gasteiger partial charge in [-0.3, -0.25) is 4.79 Å². The number of nitrogens with zero attached hydrogens (tertiary/aromatic N) is 1. The molecule has 1 rings (SSSR count). The predicted molar refractivity (Wildman–Crippen MR) is 89.8 cm³/mol. The monoisotopic (exact) mass is 393 g/mol. The molecule has 0 aromatic heterocycles. The lowest BCUT2D eigenvalue weighted by atomic mass is 10.0. The Bertz CT molecular complexity index is 432. The minimum absolute atomic E-state index is 0.0766. The third-order valence-electron chi connectivity index (χ3n) is 3.47. The van der Waals surface area contributed by atoms with Crippen LogP contribution in [0, 0.1) is 9.49 Å². The minimum Gasteiger partial charge on any atom is -0.339 e. The highest BCUT2D eigenvalue weighted by Crippen LogP contribution is 2.21. The van der Waals surface area contributed by atoms with Crippen LogP contribution in [-0.2, 0) is 0 Å². The molecule has 0 fully saturated rings. The van der Waals surface area contributed by atoms with E-state index in [0.29, 0.717) is 16.5 Å². The van der Waals surface area contributed by atoms with Gasteiger partial charge in [-0.25, -0.2) is 0 Å². The molecule has 0 saturated heterocycles. The van der Waals surface area contributed by atoms with Crippen molar-refractivity contribution in [1.29, 1.82) is 0 Å². The predicted octanol–water partition coefficient (Wildman–Crippen LogP) is 4.84. The second-order valence-electron chi connectivity index (χ2n) is 4.66. The van der Waals surface area contributed by atoms with E-state index >= 15 is 0 Å². The van der Waals surface area contributed by atoms with E-state index < -0.39 is 0 Å². The number of carbonyl (C=O) groups excluding carboxylic acids is 1. The van der Waals surface area contributed by atoms with Crippen LogP contribution in [0.2, 0.25) is 5.02 Å². The standard InChI is InChI=1S/C15H21ClINO/c1-4-11(5-2)10-18(6-3)15(19)12-7-8-14(17)13(16)9-12/h7-9,11H,4-6,10H2,1-3H3. The lowest BCUT2D eigenvalue weighted by Gasteiger charge is -2.25. The Morgan fingerprint density at radius 1 is 1.32 bits per heavy atom. The minimum atomic E-state index is 0.0766. The Balaban J connectivity index is 2.85. The topological polar surface area (TPSA) is 20.3 Å². The molecule has 0 aliphatic carbocycles. The number of hydrogen-bond acceptors (Lipinski definition) is 1. The summed E-state index contributed by atoms with van der Waals surface area (Å²) in [4.78, 5) is 14.4. The van der Waals surface area contributed by atoms with E-state index in [9.17, 15) is 4.79 Å². The van der Waals surface area contributed by atoms with E-state index in [-0.39, 0.29) is 5.91 Å². The highest BCUT2D eigenvalue weighted by atomic mass is 127. The van der Waals surface area contributed by atoms with Crippen LogP contribution < -0.4 is 0 Å². The van der Waals surface area contributed by atoms with Crippen LogP contribution >= 0.6 is 34.2 Å². The second-order valence-corrected chi connectivity index (χ2v) is 6.22. The van der Waals surface area contributed by atoms with Gasteiger partial charge in [-0.05, 0) is 53.6 Å². The molecule has 0 spiro atoms. The molecule has 2 nitrogen and oxygen atoms in total.